The molecule has 0 saturated carbocycles. The lowest BCUT2D eigenvalue weighted by atomic mass is 10.1. The van der Waals surface area contributed by atoms with Crippen molar-refractivity contribution in [2.75, 3.05) is 16.4 Å². The van der Waals surface area contributed by atoms with Crippen LogP contribution in [-0.4, -0.2) is 30.8 Å². The minimum Gasteiger partial charge on any atom is -0.494 e. The largest absolute Gasteiger partial charge is 0.494 e. The summed E-state index contributed by atoms with van der Waals surface area (Å²) in [6.07, 6.45) is 3.58. The molecule has 1 saturated heterocycles. The molecule has 0 aromatic heterocycles. The molecule has 132 valence electrons. The number of carbonyl (C=O) groups is 2. The van der Waals surface area contributed by atoms with E-state index in [1.54, 1.807) is 30.3 Å². The van der Waals surface area contributed by atoms with Gasteiger partial charge >= 0.3 is 6.03 Å². The summed E-state index contributed by atoms with van der Waals surface area (Å²) in [4.78, 5) is 32.8. The van der Waals surface area contributed by atoms with E-state index in [0.717, 1.165) is 18.6 Å². The number of hydrogen-bond donors (Lipinski definition) is 0. The van der Waals surface area contributed by atoms with Crippen LogP contribution in [0.1, 0.15) is 19.8 Å². The smallest absolute Gasteiger partial charge is 0.337 e. The zero-order valence-corrected chi connectivity index (χ0v) is 14.5. The Morgan fingerprint density at radius 2 is 1.85 bits per heavy atom. The molecule has 6 nitrogen and oxygen atoms in total. The number of imide groups is 1. The summed E-state index contributed by atoms with van der Waals surface area (Å²) >= 11 is 0. The van der Waals surface area contributed by atoms with Gasteiger partial charge in [0.15, 0.2) is 6.04 Å². The van der Waals surface area contributed by atoms with E-state index in [9.17, 15) is 9.59 Å². The number of hydrogen-bond acceptors (Lipinski definition) is 4. The predicted octanol–water partition coefficient (Wildman–Crippen LogP) is 3.92. The minimum atomic E-state index is -0.696. The molecule has 2 aromatic carbocycles. The Labute approximate surface area is 151 Å². The molecule has 6 heteroatoms. The van der Waals surface area contributed by atoms with Gasteiger partial charge in [-0.1, -0.05) is 25.5 Å². The number of ether oxygens (including phenoxy) is 1. The number of carbonyl (C=O) groups excluding carboxylic acids is 2. The highest BCUT2D eigenvalue weighted by Crippen LogP contribution is 2.38. The van der Waals surface area contributed by atoms with E-state index < -0.39 is 6.04 Å². The van der Waals surface area contributed by atoms with Crippen molar-refractivity contribution in [2.24, 2.45) is 4.99 Å². The van der Waals surface area contributed by atoms with Crippen molar-refractivity contribution in [1.29, 1.82) is 0 Å². The van der Waals surface area contributed by atoms with E-state index >= 15 is 0 Å². The van der Waals surface area contributed by atoms with Crippen LogP contribution >= 0.6 is 0 Å². The normalized spacial score (nSPS) is 18.1. The van der Waals surface area contributed by atoms with Gasteiger partial charge in [-0.05, 0) is 42.8 Å². The van der Waals surface area contributed by atoms with Gasteiger partial charge in [-0.25, -0.2) is 9.69 Å². The first-order chi connectivity index (χ1) is 12.7. The first-order valence-corrected chi connectivity index (χ1v) is 8.74. The number of unbranched alkanes of at least 4 members (excludes halogenated alkanes) is 1. The molecule has 2 aromatic rings. The molecular formula is C20H19N3O3. The summed E-state index contributed by atoms with van der Waals surface area (Å²) in [6, 6.07) is 13.3. The third kappa shape index (κ3) is 2.63. The summed E-state index contributed by atoms with van der Waals surface area (Å²) in [5.41, 5.74) is 1.87. The Hall–Kier alpha value is -3.15. The van der Waals surface area contributed by atoms with Crippen LogP contribution in [0.25, 0.3) is 0 Å². The van der Waals surface area contributed by atoms with Crippen LogP contribution in [0.3, 0.4) is 0 Å². The van der Waals surface area contributed by atoms with Gasteiger partial charge in [0.1, 0.15) is 5.75 Å². The molecule has 2 aliphatic rings. The van der Waals surface area contributed by atoms with Crippen LogP contribution in [0.5, 0.6) is 5.75 Å². The maximum Gasteiger partial charge on any atom is 0.337 e. The van der Waals surface area contributed by atoms with Crippen LogP contribution in [0.2, 0.25) is 0 Å². The van der Waals surface area contributed by atoms with Crippen molar-refractivity contribution in [3.05, 3.63) is 48.5 Å². The minimum absolute atomic E-state index is 0.298. The van der Waals surface area contributed by atoms with Gasteiger partial charge in [0.25, 0.3) is 5.91 Å². The van der Waals surface area contributed by atoms with Crippen LogP contribution in [0, 0.1) is 0 Å². The third-order valence-corrected chi connectivity index (χ3v) is 4.51. The van der Waals surface area contributed by atoms with Gasteiger partial charge in [-0.2, -0.15) is 0 Å². The van der Waals surface area contributed by atoms with Crippen molar-refractivity contribution in [2.45, 2.75) is 25.8 Å². The second-order valence-electron chi connectivity index (χ2n) is 6.23. The van der Waals surface area contributed by atoms with E-state index in [0.29, 0.717) is 23.7 Å². The molecule has 2 heterocycles. The molecule has 1 unspecified atom stereocenters. The third-order valence-electron chi connectivity index (χ3n) is 4.51. The van der Waals surface area contributed by atoms with Gasteiger partial charge in [-0.15, -0.1) is 0 Å². The number of fused-ring (bicyclic) bond motifs is 3. The van der Waals surface area contributed by atoms with Gasteiger partial charge in [0, 0.05) is 6.21 Å². The molecule has 1 fully saturated rings. The molecule has 0 bridgehead atoms. The van der Waals surface area contributed by atoms with Crippen LogP contribution in [0.15, 0.2) is 53.5 Å². The monoisotopic (exact) mass is 349 g/mol. The average molecular weight is 349 g/mol. The van der Waals surface area contributed by atoms with Crippen molar-refractivity contribution < 1.29 is 14.3 Å². The van der Waals surface area contributed by atoms with Crippen LogP contribution in [-0.2, 0) is 4.79 Å². The number of para-hydroxylation sites is 2. The fourth-order valence-corrected chi connectivity index (χ4v) is 3.14. The van der Waals surface area contributed by atoms with Crippen molar-refractivity contribution in [3.63, 3.8) is 0 Å². The number of urea groups is 1. The highest BCUT2D eigenvalue weighted by molar-refractivity contribution is 6.34. The number of benzene rings is 2. The SMILES string of the molecule is CCCCOc1ccc(N2C(=O)C3C=Nc4ccccc4N3C2=O)cc1. The summed E-state index contributed by atoms with van der Waals surface area (Å²) in [5, 5.41) is 0. The van der Waals surface area contributed by atoms with Gasteiger partial charge in [0.05, 0.1) is 23.7 Å². The second kappa shape index (κ2) is 6.63. The molecule has 1 atom stereocenters. The number of anilines is 2. The lowest BCUT2D eigenvalue weighted by Crippen LogP contribution is -2.38. The lowest BCUT2D eigenvalue weighted by Gasteiger charge is -2.24. The zero-order chi connectivity index (χ0) is 18.1. The fraction of sp³-hybridized carbons (Fsp3) is 0.250. The summed E-state index contributed by atoms with van der Waals surface area (Å²) < 4.78 is 5.64. The maximum absolute atomic E-state index is 12.9. The molecule has 0 aliphatic carbocycles. The van der Waals surface area contributed by atoms with E-state index in [-0.39, 0.29) is 11.9 Å². The predicted molar refractivity (Wildman–Crippen MR) is 101 cm³/mol. The molecule has 0 N–H and O–H groups in total. The van der Waals surface area contributed by atoms with E-state index in [1.165, 1.54) is 16.0 Å². The zero-order valence-electron chi connectivity index (χ0n) is 14.5. The van der Waals surface area contributed by atoms with E-state index in [2.05, 4.69) is 11.9 Å². The summed E-state index contributed by atoms with van der Waals surface area (Å²) in [5.74, 6) is 0.429. The molecule has 3 amide bonds. The Balaban J connectivity index is 1.60. The first kappa shape index (κ1) is 16.3. The fourth-order valence-electron chi connectivity index (χ4n) is 3.14. The van der Waals surface area contributed by atoms with Gasteiger partial charge in [0.2, 0.25) is 0 Å². The van der Waals surface area contributed by atoms with E-state index in [1.807, 2.05) is 18.2 Å². The number of nitrogens with zero attached hydrogens (tertiary/aromatic N) is 3. The van der Waals surface area contributed by atoms with Crippen molar-refractivity contribution in [3.8, 4) is 5.75 Å². The summed E-state index contributed by atoms with van der Waals surface area (Å²) in [7, 11) is 0. The molecule has 0 radical (unpaired) electrons. The molecular weight excluding hydrogens is 330 g/mol. The molecule has 2 aliphatic heterocycles. The Bertz CT molecular complexity index is 876. The average Bonchev–Trinajstić information content (AvgIpc) is 2.93. The number of rotatable bonds is 5. The van der Waals surface area contributed by atoms with Crippen LogP contribution in [0.4, 0.5) is 21.9 Å². The highest BCUT2D eigenvalue weighted by atomic mass is 16.5. The summed E-state index contributed by atoms with van der Waals surface area (Å²) in [6.45, 7) is 2.76. The maximum atomic E-state index is 12.9. The Morgan fingerprint density at radius 3 is 2.62 bits per heavy atom. The van der Waals surface area contributed by atoms with Crippen LogP contribution < -0.4 is 14.5 Å². The van der Waals surface area contributed by atoms with Gasteiger partial charge in [-0.3, -0.25) is 14.7 Å². The van der Waals surface area contributed by atoms with Gasteiger partial charge < -0.3 is 4.74 Å². The number of aliphatic imine (C=N–C) groups is 1. The highest BCUT2D eigenvalue weighted by Gasteiger charge is 2.47. The molecule has 4 rings (SSSR count). The number of amides is 3. The Morgan fingerprint density at radius 1 is 1.08 bits per heavy atom. The quantitative estimate of drug-likeness (QED) is 0.607. The second-order valence-corrected chi connectivity index (χ2v) is 6.23. The lowest BCUT2D eigenvalue weighted by molar-refractivity contribution is -0.116. The topological polar surface area (TPSA) is 62.2 Å². The van der Waals surface area contributed by atoms with E-state index in [4.69, 9.17) is 4.74 Å². The van der Waals surface area contributed by atoms with Crippen molar-refractivity contribution >= 4 is 35.2 Å². The molecule has 0 spiro atoms. The Kier molecular flexibility index (Phi) is 4.16. The standard InChI is InChI=1S/C20H19N3O3/c1-2-3-12-26-15-10-8-14(9-11-15)22-19(24)18-13-21-16-6-4-5-7-17(16)23(18)20(22)25/h4-11,13,18H,2-3,12H2,1H3. The first-order valence-electron chi connectivity index (χ1n) is 8.74. The van der Waals surface area contributed by atoms with Crippen molar-refractivity contribution in [1.82, 2.24) is 0 Å². The molecule has 26 heavy (non-hydrogen) atoms.